The molecule has 1 aliphatic rings. The van der Waals surface area contributed by atoms with E-state index in [2.05, 4.69) is 34.6 Å². The minimum atomic E-state index is -0.212. The lowest BCUT2D eigenvalue weighted by molar-refractivity contribution is -0.117. The molecule has 0 bridgehead atoms. The molecule has 4 rings (SSSR count). The third kappa shape index (κ3) is 4.19. The summed E-state index contributed by atoms with van der Waals surface area (Å²) >= 11 is 1.33. The molecule has 2 amide bonds. The van der Waals surface area contributed by atoms with Gasteiger partial charge in [0.25, 0.3) is 5.91 Å². The highest BCUT2D eigenvalue weighted by molar-refractivity contribution is 7.15. The maximum Gasteiger partial charge on any atom is 0.257 e. The van der Waals surface area contributed by atoms with Gasteiger partial charge in [-0.2, -0.15) is 0 Å². The van der Waals surface area contributed by atoms with Crippen LogP contribution in [0.5, 0.6) is 0 Å². The molecule has 0 unspecified atom stereocenters. The summed E-state index contributed by atoms with van der Waals surface area (Å²) in [5.41, 5.74) is 3.76. The van der Waals surface area contributed by atoms with Gasteiger partial charge in [-0.3, -0.25) is 14.9 Å². The summed E-state index contributed by atoms with van der Waals surface area (Å²) in [6.07, 6.45) is 1.37. The number of amides is 2. The van der Waals surface area contributed by atoms with Crippen LogP contribution >= 0.6 is 11.3 Å². The summed E-state index contributed by atoms with van der Waals surface area (Å²) in [5, 5.41) is 12.3. The Bertz CT molecular complexity index is 1040. The summed E-state index contributed by atoms with van der Waals surface area (Å²) in [6.45, 7) is 4.63. The minimum absolute atomic E-state index is 0.0181. The van der Waals surface area contributed by atoms with Crippen LogP contribution in [-0.2, 0) is 11.2 Å². The molecule has 148 valence electrons. The number of benzene rings is 2. The molecule has 0 aliphatic carbocycles. The topological polar surface area (TPSA) is 75.2 Å². The highest BCUT2D eigenvalue weighted by Crippen LogP contribution is 2.34. The molecule has 1 N–H and O–H groups in total. The fraction of sp³-hybridized carbons (Fsp3) is 0.273. The van der Waals surface area contributed by atoms with Crippen molar-refractivity contribution in [3.8, 4) is 0 Å². The van der Waals surface area contributed by atoms with Crippen molar-refractivity contribution in [1.29, 1.82) is 0 Å². The summed E-state index contributed by atoms with van der Waals surface area (Å²) in [6, 6.07) is 15.5. The van der Waals surface area contributed by atoms with Crippen LogP contribution in [0.15, 0.2) is 48.5 Å². The van der Waals surface area contributed by atoms with Gasteiger partial charge in [0.15, 0.2) is 0 Å². The van der Waals surface area contributed by atoms with Gasteiger partial charge in [0.05, 0.1) is 0 Å². The molecule has 1 saturated heterocycles. The summed E-state index contributed by atoms with van der Waals surface area (Å²) < 4.78 is 0. The zero-order valence-electron chi connectivity index (χ0n) is 16.4. The van der Waals surface area contributed by atoms with Gasteiger partial charge < -0.3 is 4.90 Å². The van der Waals surface area contributed by atoms with Gasteiger partial charge in [0.1, 0.15) is 5.01 Å². The molecule has 3 aromatic rings. The second kappa shape index (κ2) is 8.13. The van der Waals surface area contributed by atoms with Crippen LogP contribution in [0.25, 0.3) is 0 Å². The van der Waals surface area contributed by atoms with Crippen LogP contribution in [0.3, 0.4) is 0 Å². The number of anilines is 2. The smallest absolute Gasteiger partial charge is 0.257 e. The van der Waals surface area contributed by atoms with Crippen molar-refractivity contribution < 1.29 is 9.59 Å². The van der Waals surface area contributed by atoms with Crippen LogP contribution in [-0.4, -0.2) is 28.6 Å². The Labute approximate surface area is 173 Å². The first-order valence-electron chi connectivity index (χ1n) is 9.64. The number of carbonyl (C=O) groups is 2. The largest absolute Gasteiger partial charge is 0.312 e. The second-order valence-electron chi connectivity index (χ2n) is 7.19. The van der Waals surface area contributed by atoms with E-state index in [1.807, 2.05) is 37.3 Å². The number of hydrogen-bond donors (Lipinski definition) is 1. The van der Waals surface area contributed by atoms with E-state index < -0.39 is 0 Å². The number of nitrogens with one attached hydrogen (secondary N) is 1. The first kappa shape index (κ1) is 19.3. The molecule has 29 heavy (non-hydrogen) atoms. The normalized spacial score (nSPS) is 16.3. The average Bonchev–Trinajstić information content (AvgIpc) is 3.34. The molecule has 0 radical (unpaired) electrons. The molecule has 1 aliphatic heterocycles. The molecule has 7 heteroatoms. The molecule has 2 heterocycles. The van der Waals surface area contributed by atoms with Crippen molar-refractivity contribution in [2.24, 2.45) is 0 Å². The highest BCUT2D eigenvalue weighted by atomic mass is 32.1. The van der Waals surface area contributed by atoms with E-state index in [9.17, 15) is 9.59 Å². The quantitative estimate of drug-likeness (QED) is 0.690. The monoisotopic (exact) mass is 406 g/mol. The number of carbonyl (C=O) groups excluding carboxylic acids is 2. The Morgan fingerprint density at radius 3 is 2.72 bits per heavy atom. The van der Waals surface area contributed by atoms with Crippen molar-refractivity contribution >= 4 is 34.0 Å². The maximum absolute atomic E-state index is 12.5. The highest BCUT2D eigenvalue weighted by Gasteiger charge is 2.34. The third-order valence-electron chi connectivity index (χ3n) is 5.07. The van der Waals surface area contributed by atoms with Gasteiger partial charge in [-0.25, -0.2) is 0 Å². The van der Waals surface area contributed by atoms with Crippen molar-refractivity contribution in [3.63, 3.8) is 0 Å². The lowest BCUT2D eigenvalue weighted by Crippen LogP contribution is -2.24. The van der Waals surface area contributed by atoms with E-state index in [-0.39, 0.29) is 17.7 Å². The van der Waals surface area contributed by atoms with Gasteiger partial charge in [-0.05, 0) is 43.2 Å². The van der Waals surface area contributed by atoms with Crippen molar-refractivity contribution in [2.75, 3.05) is 16.8 Å². The van der Waals surface area contributed by atoms with Gasteiger partial charge in [0.2, 0.25) is 11.0 Å². The van der Waals surface area contributed by atoms with Gasteiger partial charge >= 0.3 is 0 Å². The van der Waals surface area contributed by atoms with E-state index in [4.69, 9.17) is 0 Å². The van der Waals surface area contributed by atoms with Crippen molar-refractivity contribution in [3.05, 3.63) is 70.2 Å². The van der Waals surface area contributed by atoms with Crippen LogP contribution in [0.1, 0.15) is 45.8 Å². The fourth-order valence-electron chi connectivity index (χ4n) is 3.44. The number of aryl methyl sites for hydroxylation is 2. The molecular weight excluding hydrogens is 384 g/mol. The van der Waals surface area contributed by atoms with Gasteiger partial charge in [0, 0.05) is 30.1 Å². The Kier molecular flexibility index (Phi) is 5.40. The first-order valence-corrected chi connectivity index (χ1v) is 10.5. The lowest BCUT2D eigenvalue weighted by Gasteiger charge is -2.16. The Hall–Kier alpha value is -3.06. The zero-order valence-corrected chi connectivity index (χ0v) is 17.2. The predicted octanol–water partition coefficient (Wildman–Crippen LogP) is 4.18. The summed E-state index contributed by atoms with van der Waals surface area (Å²) in [5.74, 6) is -0.146. The summed E-state index contributed by atoms with van der Waals surface area (Å²) in [4.78, 5) is 26.7. The molecule has 1 atom stereocenters. The van der Waals surface area contributed by atoms with Gasteiger partial charge in [-0.1, -0.05) is 48.1 Å². The Morgan fingerprint density at radius 2 is 2.00 bits per heavy atom. The minimum Gasteiger partial charge on any atom is -0.312 e. The second-order valence-corrected chi connectivity index (χ2v) is 8.20. The molecule has 2 aromatic carbocycles. The molecular formula is C22H22N4O2S. The maximum atomic E-state index is 12.5. The SMILES string of the molecule is CCc1ccc(N2C[C@@H](c3nnc(NC(=O)c4cccc(C)c4)s3)CC2=O)cc1. The van der Waals surface area contributed by atoms with Crippen LogP contribution in [0.4, 0.5) is 10.8 Å². The van der Waals surface area contributed by atoms with E-state index in [0.29, 0.717) is 23.7 Å². The van der Waals surface area contributed by atoms with Crippen LogP contribution in [0, 0.1) is 6.92 Å². The summed E-state index contributed by atoms with van der Waals surface area (Å²) in [7, 11) is 0. The van der Waals surface area contributed by atoms with Crippen LogP contribution < -0.4 is 10.2 Å². The first-order chi connectivity index (χ1) is 14.0. The van der Waals surface area contributed by atoms with Crippen molar-refractivity contribution in [2.45, 2.75) is 32.6 Å². The fourth-order valence-corrected chi connectivity index (χ4v) is 4.27. The molecule has 1 aromatic heterocycles. The number of aromatic nitrogens is 2. The Balaban J connectivity index is 1.44. The van der Waals surface area contributed by atoms with E-state index in [0.717, 1.165) is 22.7 Å². The third-order valence-corrected chi connectivity index (χ3v) is 6.07. The Morgan fingerprint density at radius 1 is 1.21 bits per heavy atom. The molecule has 1 fully saturated rings. The number of nitrogens with zero attached hydrogens (tertiary/aromatic N) is 3. The van der Waals surface area contributed by atoms with E-state index in [1.54, 1.807) is 11.0 Å². The molecule has 0 spiro atoms. The predicted molar refractivity (Wildman–Crippen MR) is 115 cm³/mol. The van der Waals surface area contributed by atoms with Crippen LogP contribution in [0.2, 0.25) is 0 Å². The van der Waals surface area contributed by atoms with E-state index >= 15 is 0 Å². The number of rotatable bonds is 5. The lowest BCUT2D eigenvalue weighted by atomic mass is 10.1. The standard InChI is InChI=1S/C22H22N4O2S/c1-3-15-7-9-18(10-8-15)26-13-17(12-19(26)27)21-24-25-22(29-21)23-20(28)16-6-4-5-14(2)11-16/h4-11,17H,3,12-13H2,1-2H3,(H,23,25,28)/t17-/m0/s1. The van der Waals surface area contributed by atoms with Crippen molar-refractivity contribution in [1.82, 2.24) is 10.2 Å². The molecule has 6 nitrogen and oxygen atoms in total. The molecule has 0 saturated carbocycles. The van der Waals surface area contributed by atoms with Gasteiger partial charge in [-0.15, -0.1) is 10.2 Å². The zero-order chi connectivity index (χ0) is 20.4. The number of hydrogen-bond acceptors (Lipinski definition) is 5. The van der Waals surface area contributed by atoms with E-state index in [1.165, 1.54) is 16.9 Å². The average molecular weight is 407 g/mol.